The highest BCUT2D eigenvalue weighted by atomic mass is 32.2. The molecule has 1 N–H and O–H groups in total. The van der Waals surface area contributed by atoms with Crippen LogP contribution in [-0.4, -0.2) is 24.5 Å². The van der Waals surface area contributed by atoms with Crippen LogP contribution in [0.15, 0.2) is 41.4 Å². The summed E-state index contributed by atoms with van der Waals surface area (Å²) < 4.78 is 42.7. The number of aromatic nitrogens is 1. The standard InChI is InChI=1S/C21H18FNO5S/c1-11-14(7-19(24)25)6-13-4-5-15(22)8-17(13)20(11)28-21-18(12-2-3-12)9-16(10-23-21)29(26)27/h4-6,8-10,12,29H,2-3,7H2,1H3,(H,24,25). The molecule has 1 aliphatic carbocycles. The van der Waals surface area contributed by atoms with Crippen molar-refractivity contribution >= 4 is 27.4 Å². The average molecular weight is 415 g/mol. The van der Waals surface area contributed by atoms with Crippen molar-refractivity contribution in [3.8, 4) is 11.6 Å². The van der Waals surface area contributed by atoms with E-state index in [1.165, 1.54) is 18.3 Å². The van der Waals surface area contributed by atoms with E-state index in [4.69, 9.17) is 4.74 Å². The summed E-state index contributed by atoms with van der Waals surface area (Å²) in [5, 5.41) is 10.4. The van der Waals surface area contributed by atoms with Gasteiger partial charge in [0.1, 0.15) is 11.6 Å². The predicted octanol–water partition coefficient (Wildman–Crippen LogP) is 3.95. The number of rotatable bonds is 6. The van der Waals surface area contributed by atoms with Gasteiger partial charge in [0.05, 0.1) is 11.3 Å². The Morgan fingerprint density at radius 1 is 1.28 bits per heavy atom. The third kappa shape index (κ3) is 3.93. The summed E-state index contributed by atoms with van der Waals surface area (Å²) >= 11 is 0. The molecule has 4 rings (SSSR count). The molecular formula is C21H18FNO5S. The maximum atomic E-state index is 13.9. The maximum Gasteiger partial charge on any atom is 0.307 e. The SMILES string of the molecule is Cc1c(CC(=O)O)cc2ccc(F)cc2c1Oc1ncc([SH](=O)=O)cc1C1CC1. The highest BCUT2D eigenvalue weighted by Crippen LogP contribution is 2.46. The summed E-state index contributed by atoms with van der Waals surface area (Å²) in [6.07, 6.45) is 2.84. The Morgan fingerprint density at radius 2 is 2.03 bits per heavy atom. The third-order valence-electron chi connectivity index (χ3n) is 5.04. The highest BCUT2D eigenvalue weighted by Gasteiger charge is 2.29. The van der Waals surface area contributed by atoms with Crippen molar-refractivity contribution in [2.45, 2.75) is 37.0 Å². The van der Waals surface area contributed by atoms with Gasteiger partial charge in [0.25, 0.3) is 0 Å². The van der Waals surface area contributed by atoms with Crippen molar-refractivity contribution in [1.29, 1.82) is 0 Å². The quantitative estimate of drug-likeness (QED) is 0.592. The number of carbonyl (C=O) groups is 1. The zero-order chi connectivity index (χ0) is 20.7. The number of nitrogens with zero attached hydrogens (tertiary/aromatic N) is 1. The second kappa shape index (κ2) is 7.44. The Bertz CT molecular complexity index is 1210. The number of carboxylic acids is 1. The number of hydrogen-bond donors (Lipinski definition) is 2. The first-order valence-electron chi connectivity index (χ1n) is 9.09. The molecule has 6 nitrogen and oxygen atoms in total. The smallest absolute Gasteiger partial charge is 0.307 e. The van der Waals surface area contributed by atoms with Gasteiger partial charge in [-0.1, -0.05) is 12.1 Å². The van der Waals surface area contributed by atoms with Crippen molar-refractivity contribution < 1.29 is 27.4 Å². The van der Waals surface area contributed by atoms with Gasteiger partial charge >= 0.3 is 5.97 Å². The first kappa shape index (κ1) is 19.3. The van der Waals surface area contributed by atoms with Gasteiger partial charge in [-0.05, 0) is 60.4 Å². The lowest BCUT2D eigenvalue weighted by molar-refractivity contribution is -0.136. The lowest BCUT2D eigenvalue weighted by atomic mass is 9.98. The first-order chi connectivity index (χ1) is 13.8. The summed E-state index contributed by atoms with van der Waals surface area (Å²) in [5.41, 5.74) is 1.82. The molecule has 0 saturated heterocycles. The molecule has 2 aromatic carbocycles. The fraction of sp³-hybridized carbons (Fsp3) is 0.238. The number of fused-ring (bicyclic) bond motifs is 1. The van der Waals surface area contributed by atoms with Crippen LogP contribution in [0.25, 0.3) is 10.8 Å². The fourth-order valence-electron chi connectivity index (χ4n) is 3.40. The van der Waals surface area contributed by atoms with Crippen LogP contribution in [0, 0.1) is 12.7 Å². The molecule has 1 heterocycles. The Morgan fingerprint density at radius 3 is 2.69 bits per heavy atom. The molecule has 1 fully saturated rings. The van der Waals surface area contributed by atoms with E-state index in [0.29, 0.717) is 33.2 Å². The van der Waals surface area contributed by atoms with Crippen LogP contribution in [0.5, 0.6) is 11.6 Å². The number of carboxylic acid groups (broad SMARTS) is 1. The van der Waals surface area contributed by atoms with Crippen molar-refractivity contribution in [2.24, 2.45) is 0 Å². The Labute approximate surface area is 167 Å². The number of pyridine rings is 1. The van der Waals surface area contributed by atoms with Crippen LogP contribution >= 0.6 is 0 Å². The highest BCUT2D eigenvalue weighted by molar-refractivity contribution is 7.72. The van der Waals surface area contributed by atoms with Gasteiger partial charge in [-0.15, -0.1) is 0 Å². The van der Waals surface area contributed by atoms with Crippen molar-refractivity contribution in [3.05, 3.63) is 59.0 Å². The number of ether oxygens (including phenoxy) is 1. The number of benzene rings is 2. The van der Waals surface area contributed by atoms with E-state index in [1.54, 1.807) is 25.1 Å². The molecule has 0 unspecified atom stereocenters. The molecule has 3 aromatic rings. The molecule has 1 aromatic heterocycles. The monoisotopic (exact) mass is 415 g/mol. The summed E-state index contributed by atoms with van der Waals surface area (Å²) in [6.45, 7) is 1.72. The van der Waals surface area contributed by atoms with Crippen molar-refractivity contribution in [1.82, 2.24) is 4.98 Å². The number of hydrogen-bond acceptors (Lipinski definition) is 5. The lowest BCUT2D eigenvalue weighted by Crippen LogP contribution is -2.04. The van der Waals surface area contributed by atoms with E-state index in [1.807, 2.05) is 0 Å². The Hall–Kier alpha value is -3.00. The summed E-state index contributed by atoms with van der Waals surface area (Å²) in [6, 6.07) is 7.49. The van der Waals surface area contributed by atoms with Crippen LogP contribution in [-0.2, 0) is 21.9 Å². The zero-order valence-corrected chi connectivity index (χ0v) is 16.4. The van der Waals surface area contributed by atoms with Gasteiger partial charge in [-0.2, -0.15) is 0 Å². The van der Waals surface area contributed by atoms with Crippen LogP contribution < -0.4 is 4.74 Å². The second-order valence-corrected chi connectivity index (χ2v) is 8.18. The molecule has 0 atom stereocenters. The minimum absolute atomic E-state index is 0.113. The molecule has 8 heteroatoms. The molecule has 0 bridgehead atoms. The van der Waals surface area contributed by atoms with Gasteiger partial charge in [0.15, 0.2) is 10.7 Å². The summed E-state index contributed by atoms with van der Waals surface area (Å²) in [7, 11) is -2.77. The number of halogens is 1. The molecule has 150 valence electrons. The predicted molar refractivity (Wildman–Crippen MR) is 105 cm³/mol. The van der Waals surface area contributed by atoms with E-state index in [-0.39, 0.29) is 23.1 Å². The zero-order valence-electron chi connectivity index (χ0n) is 15.5. The minimum Gasteiger partial charge on any atom is -0.481 e. The Kier molecular flexibility index (Phi) is 4.96. The van der Waals surface area contributed by atoms with E-state index in [0.717, 1.165) is 12.8 Å². The maximum absolute atomic E-state index is 13.9. The topological polar surface area (TPSA) is 93.6 Å². The number of aliphatic carboxylic acids is 1. The molecule has 1 saturated carbocycles. The van der Waals surface area contributed by atoms with Gasteiger partial charge in [-0.25, -0.2) is 17.8 Å². The van der Waals surface area contributed by atoms with E-state index in [2.05, 4.69) is 4.98 Å². The average Bonchev–Trinajstić information content (AvgIpc) is 3.50. The van der Waals surface area contributed by atoms with Gasteiger partial charge in [-0.3, -0.25) is 4.79 Å². The molecule has 0 amide bonds. The molecular weight excluding hydrogens is 397 g/mol. The van der Waals surface area contributed by atoms with Crippen LogP contribution in [0.2, 0.25) is 0 Å². The van der Waals surface area contributed by atoms with Crippen LogP contribution in [0.3, 0.4) is 0 Å². The molecule has 0 aliphatic heterocycles. The summed E-state index contributed by atoms with van der Waals surface area (Å²) in [5.74, 6) is -0.679. The molecule has 0 radical (unpaired) electrons. The van der Waals surface area contributed by atoms with Gasteiger partial charge in [0.2, 0.25) is 5.88 Å². The summed E-state index contributed by atoms with van der Waals surface area (Å²) in [4.78, 5) is 15.6. The first-order valence-corrected chi connectivity index (χ1v) is 10.3. The van der Waals surface area contributed by atoms with Crippen molar-refractivity contribution in [2.75, 3.05) is 0 Å². The van der Waals surface area contributed by atoms with Crippen LogP contribution in [0.4, 0.5) is 4.39 Å². The molecule has 1 aliphatic rings. The molecule has 29 heavy (non-hydrogen) atoms. The lowest BCUT2D eigenvalue weighted by Gasteiger charge is -2.17. The normalized spacial score (nSPS) is 13.8. The third-order valence-corrected chi connectivity index (χ3v) is 5.71. The minimum atomic E-state index is -2.77. The second-order valence-electron chi connectivity index (χ2n) is 7.15. The van der Waals surface area contributed by atoms with E-state index >= 15 is 0 Å². The number of thiol groups is 1. The van der Waals surface area contributed by atoms with Crippen LogP contribution in [0.1, 0.15) is 35.4 Å². The fourth-order valence-corrected chi connectivity index (χ4v) is 3.80. The largest absolute Gasteiger partial charge is 0.481 e. The van der Waals surface area contributed by atoms with Gasteiger partial charge < -0.3 is 9.84 Å². The van der Waals surface area contributed by atoms with Gasteiger partial charge in [0, 0.05) is 17.1 Å². The van der Waals surface area contributed by atoms with E-state index in [9.17, 15) is 22.7 Å². The van der Waals surface area contributed by atoms with Crippen molar-refractivity contribution in [3.63, 3.8) is 0 Å². The Balaban J connectivity index is 1.88. The molecule has 0 spiro atoms. The van der Waals surface area contributed by atoms with E-state index < -0.39 is 22.5 Å².